The molecule has 1 N–H and O–H groups in total. The van der Waals surface area contributed by atoms with Crippen molar-refractivity contribution in [2.45, 2.75) is 58.9 Å². The zero-order chi connectivity index (χ0) is 28.5. The first-order chi connectivity index (χ1) is 18.5. The first-order valence-electron chi connectivity index (χ1n) is 13.3. The minimum absolute atomic E-state index is 0.0520. The molecule has 3 aromatic carbocycles. The van der Waals surface area contributed by atoms with Gasteiger partial charge in [0.2, 0.25) is 0 Å². The first-order valence-corrected chi connectivity index (χ1v) is 13.3. The van der Waals surface area contributed by atoms with Gasteiger partial charge in [-0.05, 0) is 71.8 Å². The van der Waals surface area contributed by atoms with Crippen molar-refractivity contribution in [3.05, 3.63) is 94.6 Å². The first kappa shape index (κ1) is 28.0. The van der Waals surface area contributed by atoms with Gasteiger partial charge in [-0.3, -0.25) is 14.5 Å². The van der Waals surface area contributed by atoms with Crippen LogP contribution in [0.15, 0.2) is 72.3 Å². The molecule has 1 heterocycles. The fourth-order valence-electron chi connectivity index (χ4n) is 4.94. The molecule has 0 bridgehead atoms. The average Bonchev–Trinajstić information content (AvgIpc) is 3.18. The van der Waals surface area contributed by atoms with Crippen LogP contribution in [0, 0.1) is 0 Å². The quantitative estimate of drug-likeness (QED) is 0.201. The lowest BCUT2D eigenvalue weighted by Gasteiger charge is -2.26. The van der Waals surface area contributed by atoms with Crippen molar-refractivity contribution < 1.29 is 24.2 Å². The van der Waals surface area contributed by atoms with Gasteiger partial charge in [-0.2, -0.15) is 0 Å². The zero-order valence-corrected chi connectivity index (χ0v) is 23.7. The Balaban J connectivity index is 1.92. The highest BCUT2D eigenvalue weighted by molar-refractivity contribution is 6.51. The summed E-state index contributed by atoms with van der Waals surface area (Å²) in [5.74, 6) is 0.0495. The number of anilines is 1. The van der Waals surface area contributed by atoms with E-state index in [4.69, 9.17) is 9.47 Å². The van der Waals surface area contributed by atoms with E-state index in [1.165, 1.54) is 4.90 Å². The van der Waals surface area contributed by atoms with E-state index in [-0.39, 0.29) is 16.7 Å². The van der Waals surface area contributed by atoms with Gasteiger partial charge >= 0.3 is 0 Å². The van der Waals surface area contributed by atoms with Crippen LogP contribution in [0.4, 0.5) is 5.69 Å². The number of carbonyl (C=O) groups excluding carboxylic acids is 2. The molecule has 6 nitrogen and oxygen atoms in total. The third-order valence-corrected chi connectivity index (χ3v) is 7.07. The molecule has 0 aromatic heterocycles. The third-order valence-electron chi connectivity index (χ3n) is 7.07. The smallest absolute Gasteiger partial charge is 0.300 e. The number of ether oxygens (including phenoxy) is 2. The highest BCUT2D eigenvalue weighted by atomic mass is 16.5. The van der Waals surface area contributed by atoms with E-state index in [9.17, 15) is 14.7 Å². The van der Waals surface area contributed by atoms with Crippen molar-refractivity contribution in [2.75, 3.05) is 18.6 Å². The van der Waals surface area contributed by atoms with Crippen LogP contribution in [0.25, 0.3) is 5.76 Å². The maximum Gasteiger partial charge on any atom is 0.300 e. The van der Waals surface area contributed by atoms with Crippen LogP contribution in [0.5, 0.6) is 11.5 Å². The number of hydrogen-bond acceptors (Lipinski definition) is 5. The largest absolute Gasteiger partial charge is 0.507 e. The third kappa shape index (κ3) is 5.42. The predicted molar refractivity (Wildman–Crippen MR) is 155 cm³/mol. The van der Waals surface area contributed by atoms with E-state index < -0.39 is 17.7 Å². The number of nitrogens with zero attached hydrogens (tertiary/aromatic N) is 1. The highest BCUT2D eigenvalue weighted by Crippen LogP contribution is 2.43. The molecule has 1 unspecified atom stereocenters. The molecule has 1 aliphatic heterocycles. The number of hydrogen-bond donors (Lipinski definition) is 1. The zero-order valence-electron chi connectivity index (χ0n) is 23.7. The van der Waals surface area contributed by atoms with E-state index in [0.717, 1.165) is 16.7 Å². The minimum Gasteiger partial charge on any atom is -0.507 e. The highest BCUT2D eigenvalue weighted by Gasteiger charge is 2.47. The Morgan fingerprint density at radius 3 is 2.15 bits per heavy atom. The molecule has 0 spiro atoms. The number of amides is 1. The van der Waals surface area contributed by atoms with Crippen molar-refractivity contribution in [2.24, 2.45) is 0 Å². The Hall–Kier alpha value is -4.06. The summed E-state index contributed by atoms with van der Waals surface area (Å²) < 4.78 is 11.1. The van der Waals surface area contributed by atoms with Crippen LogP contribution in [0.1, 0.15) is 75.8 Å². The van der Waals surface area contributed by atoms with Crippen LogP contribution in [-0.2, 0) is 15.0 Å². The van der Waals surface area contributed by atoms with E-state index in [2.05, 4.69) is 34.6 Å². The Morgan fingerprint density at radius 1 is 0.974 bits per heavy atom. The number of aliphatic hydroxyl groups excluding tert-OH is 1. The van der Waals surface area contributed by atoms with Gasteiger partial charge < -0.3 is 14.6 Å². The topological polar surface area (TPSA) is 76.1 Å². The molecule has 1 amide bonds. The lowest BCUT2D eigenvalue weighted by Crippen LogP contribution is -2.29. The summed E-state index contributed by atoms with van der Waals surface area (Å²) in [6.45, 7) is 12.8. The number of ketones is 1. The van der Waals surface area contributed by atoms with E-state index in [1.54, 1.807) is 43.5 Å². The van der Waals surface area contributed by atoms with Crippen molar-refractivity contribution in [3.8, 4) is 11.5 Å². The number of Topliss-reactive ketones (excluding diaryl/α,β-unsaturated/α-hetero) is 1. The van der Waals surface area contributed by atoms with Gasteiger partial charge in [0.05, 0.1) is 25.3 Å². The second kappa shape index (κ2) is 11.0. The molecule has 204 valence electrons. The summed E-state index contributed by atoms with van der Waals surface area (Å²) in [7, 11) is 1.60. The van der Waals surface area contributed by atoms with Crippen molar-refractivity contribution in [1.29, 1.82) is 0 Å². The number of rotatable bonds is 7. The standard InChI is InChI=1S/C33H37NO5/c1-8-39-25-16-14-24(15-17-25)34-29(22-11-9-21(10-12-22)20(2)3)28(31(36)32(34)37)30(35)23-13-18-27(38-7)26(19-23)33(4,5)6/h9-20,29,35H,8H2,1-7H3/b30-28-. The lowest BCUT2D eigenvalue weighted by atomic mass is 9.84. The Morgan fingerprint density at radius 2 is 1.62 bits per heavy atom. The van der Waals surface area contributed by atoms with Gasteiger partial charge in [0.25, 0.3) is 11.7 Å². The molecule has 4 rings (SSSR count). The maximum absolute atomic E-state index is 13.6. The summed E-state index contributed by atoms with van der Waals surface area (Å²) in [6, 6.07) is 19.5. The molecule has 0 radical (unpaired) electrons. The number of aliphatic hydroxyl groups is 1. The molecular weight excluding hydrogens is 490 g/mol. The molecule has 6 heteroatoms. The molecule has 1 saturated heterocycles. The van der Waals surface area contributed by atoms with Gasteiger partial charge in [-0.1, -0.05) is 58.9 Å². The average molecular weight is 528 g/mol. The Bertz CT molecular complexity index is 1400. The molecule has 0 saturated carbocycles. The van der Waals surface area contributed by atoms with Crippen LogP contribution >= 0.6 is 0 Å². The molecule has 1 fully saturated rings. The van der Waals surface area contributed by atoms with Crippen molar-refractivity contribution in [1.82, 2.24) is 0 Å². The van der Waals surface area contributed by atoms with Crippen molar-refractivity contribution >= 4 is 23.1 Å². The molecule has 3 aromatic rings. The summed E-state index contributed by atoms with van der Waals surface area (Å²) in [5.41, 5.74) is 3.53. The van der Waals surface area contributed by atoms with Crippen LogP contribution < -0.4 is 14.4 Å². The summed E-state index contributed by atoms with van der Waals surface area (Å²) in [4.78, 5) is 28.6. The van der Waals surface area contributed by atoms with E-state index in [0.29, 0.717) is 35.3 Å². The molecule has 39 heavy (non-hydrogen) atoms. The maximum atomic E-state index is 13.6. The fraction of sp³-hybridized carbons (Fsp3) is 0.333. The van der Waals surface area contributed by atoms with Gasteiger partial charge in [-0.15, -0.1) is 0 Å². The molecule has 1 aliphatic rings. The summed E-state index contributed by atoms with van der Waals surface area (Å²) in [5, 5.41) is 11.6. The molecular formula is C33H37NO5. The second-order valence-corrected chi connectivity index (χ2v) is 11.1. The predicted octanol–water partition coefficient (Wildman–Crippen LogP) is 7.14. The normalized spacial score (nSPS) is 17.1. The van der Waals surface area contributed by atoms with Crippen LogP contribution in [0.3, 0.4) is 0 Å². The lowest BCUT2D eigenvalue weighted by molar-refractivity contribution is -0.132. The van der Waals surface area contributed by atoms with Gasteiger partial charge in [-0.25, -0.2) is 0 Å². The van der Waals surface area contributed by atoms with Gasteiger partial charge in [0.1, 0.15) is 17.3 Å². The number of carbonyl (C=O) groups is 2. The van der Waals surface area contributed by atoms with E-state index >= 15 is 0 Å². The minimum atomic E-state index is -0.802. The summed E-state index contributed by atoms with van der Waals surface area (Å²) in [6.07, 6.45) is 0. The van der Waals surface area contributed by atoms with Crippen molar-refractivity contribution in [3.63, 3.8) is 0 Å². The SMILES string of the molecule is CCOc1ccc(N2C(=O)C(=O)/C(=C(\O)c3ccc(OC)c(C(C)(C)C)c3)C2c2ccc(C(C)C)cc2)cc1. The van der Waals surface area contributed by atoms with Gasteiger partial charge in [0.15, 0.2) is 0 Å². The summed E-state index contributed by atoms with van der Waals surface area (Å²) >= 11 is 0. The second-order valence-electron chi connectivity index (χ2n) is 11.1. The van der Waals surface area contributed by atoms with Crippen LogP contribution in [0.2, 0.25) is 0 Å². The van der Waals surface area contributed by atoms with Gasteiger partial charge in [0, 0.05) is 16.8 Å². The number of methoxy groups -OCH3 is 1. The molecule has 0 aliphatic carbocycles. The number of benzene rings is 3. The Kier molecular flexibility index (Phi) is 7.86. The molecule has 1 atom stereocenters. The van der Waals surface area contributed by atoms with E-state index in [1.807, 2.05) is 37.3 Å². The fourth-order valence-corrected chi connectivity index (χ4v) is 4.94. The Labute approximate surface area is 230 Å². The monoisotopic (exact) mass is 527 g/mol. The van der Waals surface area contributed by atoms with Crippen LogP contribution in [-0.4, -0.2) is 30.5 Å².